The van der Waals surface area contributed by atoms with E-state index in [2.05, 4.69) is 10.3 Å². The van der Waals surface area contributed by atoms with Gasteiger partial charge in [-0.15, -0.1) is 11.3 Å². The normalized spacial score (nSPS) is 12.2. The number of nitrogens with one attached hydrogen (secondary N) is 1. The largest absolute Gasteiger partial charge is 0.349 e. The highest BCUT2D eigenvalue weighted by atomic mass is 35.5. The molecule has 1 heterocycles. The van der Waals surface area contributed by atoms with Gasteiger partial charge in [-0.05, 0) is 25.5 Å². The minimum absolute atomic E-state index is 0.0183. The molecule has 0 aliphatic rings. The van der Waals surface area contributed by atoms with E-state index in [9.17, 15) is 4.79 Å². The number of thioether (sulfide) groups is 1. The number of hydrogen-bond donors (Lipinski definition) is 1. The topological polar surface area (TPSA) is 42.0 Å². The van der Waals surface area contributed by atoms with E-state index in [4.69, 9.17) is 11.6 Å². The molecular formula is C14H15ClN2OS2. The average Bonchev–Trinajstić information content (AvgIpc) is 2.82. The molecule has 0 unspecified atom stereocenters. The maximum atomic E-state index is 11.9. The molecule has 1 atom stereocenters. The molecule has 1 aromatic carbocycles. The van der Waals surface area contributed by atoms with E-state index in [1.54, 1.807) is 11.3 Å². The molecule has 2 rings (SSSR count). The first-order valence-electron chi connectivity index (χ1n) is 6.15. The Bertz CT molecular complexity index is 600. The van der Waals surface area contributed by atoms with Gasteiger partial charge in [0.2, 0.25) is 5.91 Å². The molecule has 0 bridgehead atoms. The molecule has 106 valence electrons. The summed E-state index contributed by atoms with van der Waals surface area (Å²) in [5, 5.41) is 5.60. The van der Waals surface area contributed by atoms with Crippen molar-refractivity contribution in [1.29, 1.82) is 0 Å². The molecule has 0 spiro atoms. The van der Waals surface area contributed by atoms with Crippen LogP contribution in [-0.4, -0.2) is 16.6 Å². The second-order valence-electron chi connectivity index (χ2n) is 4.35. The summed E-state index contributed by atoms with van der Waals surface area (Å²) in [5.41, 5.74) is 1.92. The molecule has 0 aliphatic carbocycles. The third-order valence-corrected chi connectivity index (χ3v) is 5.16. The van der Waals surface area contributed by atoms with E-state index in [1.165, 1.54) is 11.8 Å². The number of carbonyl (C=O) groups is 1. The van der Waals surface area contributed by atoms with E-state index in [0.29, 0.717) is 10.8 Å². The van der Waals surface area contributed by atoms with Crippen molar-refractivity contribution in [2.75, 3.05) is 5.75 Å². The summed E-state index contributed by atoms with van der Waals surface area (Å²) in [6.07, 6.45) is 0. The first kappa shape index (κ1) is 15.4. The number of rotatable bonds is 5. The van der Waals surface area contributed by atoms with Crippen LogP contribution in [-0.2, 0) is 4.79 Å². The number of benzene rings is 1. The van der Waals surface area contributed by atoms with Crippen molar-refractivity contribution in [2.24, 2.45) is 0 Å². The predicted octanol–water partition coefficient (Wildman–Crippen LogP) is 4.07. The lowest BCUT2D eigenvalue weighted by Gasteiger charge is -2.15. The van der Waals surface area contributed by atoms with Crippen molar-refractivity contribution in [3.05, 3.63) is 45.9 Å². The Kier molecular flexibility index (Phi) is 5.46. The van der Waals surface area contributed by atoms with Crippen molar-refractivity contribution < 1.29 is 4.79 Å². The van der Waals surface area contributed by atoms with E-state index >= 15 is 0 Å². The first-order chi connectivity index (χ1) is 9.56. The highest BCUT2D eigenvalue weighted by molar-refractivity contribution is 8.01. The van der Waals surface area contributed by atoms with Crippen LogP contribution in [0.1, 0.15) is 24.2 Å². The summed E-state index contributed by atoms with van der Waals surface area (Å²) in [5.74, 6) is 0.345. The molecular weight excluding hydrogens is 312 g/mol. The molecule has 0 aliphatic heterocycles. The van der Waals surface area contributed by atoms with Crippen molar-refractivity contribution in [1.82, 2.24) is 10.3 Å². The monoisotopic (exact) mass is 326 g/mol. The van der Waals surface area contributed by atoms with Crippen LogP contribution in [0.2, 0.25) is 5.02 Å². The van der Waals surface area contributed by atoms with E-state index < -0.39 is 0 Å². The Morgan fingerprint density at radius 3 is 2.90 bits per heavy atom. The number of thiazole rings is 1. The van der Waals surface area contributed by atoms with Crippen LogP contribution >= 0.6 is 34.7 Å². The van der Waals surface area contributed by atoms with Crippen LogP contribution in [0.3, 0.4) is 0 Å². The van der Waals surface area contributed by atoms with Gasteiger partial charge in [0.1, 0.15) is 0 Å². The smallest absolute Gasteiger partial charge is 0.230 e. The van der Waals surface area contributed by atoms with Crippen LogP contribution in [0, 0.1) is 6.92 Å². The summed E-state index contributed by atoms with van der Waals surface area (Å²) in [4.78, 5) is 16.2. The maximum Gasteiger partial charge on any atom is 0.230 e. The molecule has 20 heavy (non-hydrogen) atoms. The highest BCUT2D eigenvalue weighted by Crippen LogP contribution is 2.24. The Labute approximate surface area is 131 Å². The minimum Gasteiger partial charge on any atom is -0.349 e. The predicted molar refractivity (Wildman–Crippen MR) is 85.6 cm³/mol. The minimum atomic E-state index is -0.102. The number of aryl methyl sites for hydroxylation is 1. The van der Waals surface area contributed by atoms with Crippen molar-refractivity contribution in [2.45, 2.75) is 24.2 Å². The van der Waals surface area contributed by atoms with Gasteiger partial charge in [-0.25, -0.2) is 4.98 Å². The second kappa shape index (κ2) is 7.11. The van der Waals surface area contributed by atoms with Gasteiger partial charge in [0.25, 0.3) is 0 Å². The van der Waals surface area contributed by atoms with Gasteiger partial charge in [-0.1, -0.05) is 41.6 Å². The molecule has 0 saturated heterocycles. The van der Waals surface area contributed by atoms with E-state index in [-0.39, 0.29) is 11.9 Å². The SMILES string of the molecule is Cc1csc(SCC(=O)N[C@@H](C)c2ccccc2Cl)n1. The molecule has 0 radical (unpaired) electrons. The summed E-state index contributed by atoms with van der Waals surface area (Å²) < 4.78 is 0.919. The van der Waals surface area contributed by atoms with Crippen LogP contribution in [0.5, 0.6) is 0 Å². The molecule has 1 N–H and O–H groups in total. The van der Waals surface area contributed by atoms with Gasteiger partial charge < -0.3 is 5.32 Å². The third kappa shape index (κ3) is 4.23. The number of aromatic nitrogens is 1. The first-order valence-corrected chi connectivity index (χ1v) is 8.39. The fourth-order valence-corrected chi connectivity index (χ4v) is 3.67. The zero-order valence-corrected chi connectivity index (χ0v) is 13.6. The molecule has 2 aromatic rings. The van der Waals surface area contributed by atoms with Crippen LogP contribution in [0.4, 0.5) is 0 Å². The molecule has 1 aromatic heterocycles. The Balaban J connectivity index is 1.87. The molecule has 1 amide bonds. The number of nitrogens with zero attached hydrogens (tertiary/aromatic N) is 1. The summed E-state index contributed by atoms with van der Waals surface area (Å²) in [7, 11) is 0. The molecule has 6 heteroatoms. The summed E-state index contributed by atoms with van der Waals surface area (Å²) in [6, 6.07) is 7.43. The van der Waals surface area contributed by atoms with Crippen molar-refractivity contribution >= 4 is 40.6 Å². The van der Waals surface area contributed by atoms with Gasteiger partial charge in [0.05, 0.1) is 11.8 Å². The Morgan fingerprint density at radius 1 is 1.50 bits per heavy atom. The van der Waals surface area contributed by atoms with Crippen molar-refractivity contribution in [3.8, 4) is 0 Å². The lowest BCUT2D eigenvalue weighted by molar-refractivity contribution is -0.119. The van der Waals surface area contributed by atoms with E-state index in [1.807, 2.05) is 43.5 Å². The summed E-state index contributed by atoms with van der Waals surface area (Å²) >= 11 is 9.13. The number of hydrogen-bond acceptors (Lipinski definition) is 4. The number of carbonyl (C=O) groups excluding carboxylic acids is 1. The molecule has 3 nitrogen and oxygen atoms in total. The maximum absolute atomic E-state index is 11.9. The fourth-order valence-electron chi connectivity index (χ4n) is 1.71. The van der Waals surface area contributed by atoms with Crippen LogP contribution in [0.15, 0.2) is 34.0 Å². The zero-order valence-electron chi connectivity index (χ0n) is 11.2. The van der Waals surface area contributed by atoms with Gasteiger partial charge in [0.15, 0.2) is 4.34 Å². The lowest BCUT2D eigenvalue weighted by atomic mass is 10.1. The van der Waals surface area contributed by atoms with E-state index in [0.717, 1.165) is 15.6 Å². The quantitative estimate of drug-likeness (QED) is 0.842. The van der Waals surface area contributed by atoms with Gasteiger partial charge in [-0.2, -0.15) is 0 Å². The Hall–Kier alpha value is -1.04. The van der Waals surface area contributed by atoms with Crippen LogP contribution in [0.25, 0.3) is 0 Å². The van der Waals surface area contributed by atoms with Gasteiger partial charge in [0, 0.05) is 16.1 Å². The number of amides is 1. The standard InChI is InChI=1S/C14H15ClN2OS2/c1-9-7-19-14(16-9)20-8-13(18)17-10(2)11-5-3-4-6-12(11)15/h3-7,10H,8H2,1-2H3,(H,17,18)/t10-/m0/s1. The molecule has 0 saturated carbocycles. The van der Waals surface area contributed by atoms with Crippen molar-refractivity contribution in [3.63, 3.8) is 0 Å². The number of halogens is 1. The van der Waals surface area contributed by atoms with Gasteiger partial charge >= 0.3 is 0 Å². The lowest BCUT2D eigenvalue weighted by Crippen LogP contribution is -2.28. The summed E-state index contributed by atoms with van der Waals surface area (Å²) in [6.45, 7) is 3.87. The van der Waals surface area contributed by atoms with Gasteiger partial charge in [-0.3, -0.25) is 4.79 Å². The zero-order chi connectivity index (χ0) is 14.5. The third-order valence-electron chi connectivity index (χ3n) is 2.67. The fraction of sp³-hybridized carbons (Fsp3) is 0.286. The average molecular weight is 327 g/mol. The molecule has 0 fully saturated rings. The van der Waals surface area contributed by atoms with Crippen LogP contribution < -0.4 is 5.32 Å². The Morgan fingerprint density at radius 2 is 2.25 bits per heavy atom. The second-order valence-corrected chi connectivity index (χ2v) is 6.84. The highest BCUT2D eigenvalue weighted by Gasteiger charge is 2.12.